The van der Waals surface area contributed by atoms with E-state index in [1.165, 1.54) is 37.8 Å². The maximum Gasteiger partial charge on any atom is 0.253 e. The van der Waals surface area contributed by atoms with Gasteiger partial charge in [0.1, 0.15) is 0 Å². The molecular weight excluding hydrogens is 292 g/mol. The van der Waals surface area contributed by atoms with Gasteiger partial charge < -0.3 is 4.90 Å². The monoisotopic (exact) mass is 320 g/mol. The van der Waals surface area contributed by atoms with Crippen LogP contribution in [-0.2, 0) is 14.4 Å². The molecular formula is C18H28N2O3. The second-order valence-corrected chi connectivity index (χ2v) is 6.79. The first-order valence-corrected chi connectivity index (χ1v) is 8.85. The smallest absolute Gasteiger partial charge is 0.253 e. The molecule has 0 saturated carbocycles. The van der Waals surface area contributed by atoms with Crippen molar-refractivity contribution in [3.05, 3.63) is 12.2 Å². The molecule has 1 atom stereocenters. The molecule has 1 fully saturated rings. The van der Waals surface area contributed by atoms with Crippen LogP contribution in [0.3, 0.4) is 0 Å². The van der Waals surface area contributed by atoms with Crippen molar-refractivity contribution in [2.45, 2.75) is 52.4 Å². The van der Waals surface area contributed by atoms with Crippen LogP contribution in [0.2, 0.25) is 0 Å². The SMILES string of the molecule is CCCCCC1CCN(C(=O)C(C)CN2C(=O)C=CC2=O)CC1. The lowest BCUT2D eigenvalue weighted by atomic mass is 9.91. The summed E-state index contributed by atoms with van der Waals surface area (Å²) in [7, 11) is 0. The molecule has 2 heterocycles. The van der Waals surface area contributed by atoms with Gasteiger partial charge in [0.15, 0.2) is 0 Å². The molecule has 2 aliphatic heterocycles. The minimum atomic E-state index is -0.334. The van der Waals surface area contributed by atoms with Crippen molar-refractivity contribution in [1.29, 1.82) is 0 Å². The van der Waals surface area contributed by atoms with E-state index in [9.17, 15) is 14.4 Å². The summed E-state index contributed by atoms with van der Waals surface area (Å²) in [6, 6.07) is 0. The van der Waals surface area contributed by atoms with Crippen molar-refractivity contribution in [3.63, 3.8) is 0 Å². The number of hydrogen-bond acceptors (Lipinski definition) is 3. The molecule has 0 aromatic carbocycles. The number of imide groups is 1. The Morgan fingerprint density at radius 3 is 2.35 bits per heavy atom. The lowest BCUT2D eigenvalue weighted by Gasteiger charge is -2.34. The Balaban J connectivity index is 1.76. The van der Waals surface area contributed by atoms with Crippen LogP contribution in [0.15, 0.2) is 12.2 Å². The maximum atomic E-state index is 12.5. The first-order chi connectivity index (χ1) is 11.0. The summed E-state index contributed by atoms with van der Waals surface area (Å²) in [5, 5.41) is 0. The van der Waals surface area contributed by atoms with E-state index in [-0.39, 0.29) is 30.2 Å². The maximum absolute atomic E-state index is 12.5. The third-order valence-corrected chi connectivity index (χ3v) is 4.92. The van der Waals surface area contributed by atoms with Crippen molar-refractivity contribution in [3.8, 4) is 0 Å². The number of likely N-dealkylation sites (tertiary alicyclic amines) is 1. The Morgan fingerprint density at radius 1 is 1.17 bits per heavy atom. The van der Waals surface area contributed by atoms with E-state index < -0.39 is 0 Å². The van der Waals surface area contributed by atoms with Crippen molar-refractivity contribution in [2.75, 3.05) is 19.6 Å². The highest BCUT2D eigenvalue weighted by molar-refractivity contribution is 6.13. The van der Waals surface area contributed by atoms with E-state index in [0.717, 1.165) is 36.7 Å². The Kier molecular flexibility index (Phi) is 6.37. The van der Waals surface area contributed by atoms with Gasteiger partial charge in [-0.1, -0.05) is 39.5 Å². The zero-order valence-corrected chi connectivity index (χ0v) is 14.3. The van der Waals surface area contributed by atoms with Crippen LogP contribution in [0.1, 0.15) is 52.4 Å². The van der Waals surface area contributed by atoms with Crippen LogP contribution in [0.4, 0.5) is 0 Å². The van der Waals surface area contributed by atoms with Crippen molar-refractivity contribution >= 4 is 17.7 Å². The van der Waals surface area contributed by atoms with Gasteiger partial charge in [-0.25, -0.2) is 0 Å². The molecule has 5 heteroatoms. The molecule has 2 aliphatic rings. The quantitative estimate of drug-likeness (QED) is 0.534. The normalized spacial score (nSPS) is 20.4. The molecule has 23 heavy (non-hydrogen) atoms. The molecule has 0 spiro atoms. The van der Waals surface area contributed by atoms with Gasteiger partial charge in [0, 0.05) is 31.8 Å². The summed E-state index contributed by atoms with van der Waals surface area (Å²) in [5.41, 5.74) is 0. The fraction of sp³-hybridized carbons (Fsp3) is 0.722. The van der Waals surface area contributed by atoms with Crippen LogP contribution in [0.5, 0.6) is 0 Å². The number of hydrogen-bond donors (Lipinski definition) is 0. The molecule has 3 amide bonds. The van der Waals surface area contributed by atoms with Crippen molar-refractivity contribution in [2.24, 2.45) is 11.8 Å². The van der Waals surface area contributed by atoms with Gasteiger partial charge in [-0.2, -0.15) is 0 Å². The van der Waals surface area contributed by atoms with E-state index in [4.69, 9.17) is 0 Å². The minimum absolute atomic E-state index is 0.0597. The van der Waals surface area contributed by atoms with Crippen LogP contribution in [-0.4, -0.2) is 47.2 Å². The molecule has 1 unspecified atom stereocenters. The largest absolute Gasteiger partial charge is 0.342 e. The van der Waals surface area contributed by atoms with Crippen LogP contribution < -0.4 is 0 Å². The molecule has 128 valence electrons. The van der Waals surface area contributed by atoms with Gasteiger partial charge in [-0.15, -0.1) is 0 Å². The van der Waals surface area contributed by atoms with Gasteiger partial charge in [0.25, 0.3) is 11.8 Å². The van der Waals surface area contributed by atoms with E-state index >= 15 is 0 Å². The fourth-order valence-electron chi connectivity index (χ4n) is 3.40. The average Bonchev–Trinajstić information content (AvgIpc) is 2.87. The van der Waals surface area contributed by atoms with E-state index in [1.807, 2.05) is 4.90 Å². The van der Waals surface area contributed by atoms with Gasteiger partial charge >= 0.3 is 0 Å². The molecule has 1 saturated heterocycles. The lowest BCUT2D eigenvalue weighted by molar-refractivity contribution is -0.141. The number of rotatable bonds is 7. The second kappa shape index (κ2) is 8.27. The van der Waals surface area contributed by atoms with E-state index in [0.29, 0.717) is 0 Å². The summed E-state index contributed by atoms with van der Waals surface area (Å²) >= 11 is 0. The first kappa shape index (κ1) is 17.7. The summed E-state index contributed by atoms with van der Waals surface area (Å²) in [5.74, 6) is -0.163. The Labute approximate surface area is 138 Å². The highest BCUT2D eigenvalue weighted by atomic mass is 16.2. The lowest BCUT2D eigenvalue weighted by Crippen LogP contribution is -2.45. The average molecular weight is 320 g/mol. The summed E-state index contributed by atoms with van der Waals surface area (Å²) in [6.45, 7) is 5.81. The summed E-state index contributed by atoms with van der Waals surface area (Å²) < 4.78 is 0. The fourth-order valence-corrected chi connectivity index (χ4v) is 3.40. The third-order valence-electron chi connectivity index (χ3n) is 4.92. The second-order valence-electron chi connectivity index (χ2n) is 6.79. The zero-order chi connectivity index (χ0) is 16.8. The van der Waals surface area contributed by atoms with Crippen molar-refractivity contribution in [1.82, 2.24) is 9.80 Å². The number of amides is 3. The molecule has 0 aromatic heterocycles. The van der Waals surface area contributed by atoms with Crippen LogP contribution in [0.25, 0.3) is 0 Å². The summed E-state index contributed by atoms with van der Waals surface area (Å²) in [6.07, 6.45) is 9.78. The Hall–Kier alpha value is -1.65. The number of piperidine rings is 1. The van der Waals surface area contributed by atoms with Gasteiger partial charge in [-0.3, -0.25) is 19.3 Å². The Bertz CT molecular complexity index is 461. The van der Waals surface area contributed by atoms with Gasteiger partial charge in [0.05, 0.1) is 5.92 Å². The number of carbonyl (C=O) groups is 3. The molecule has 0 radical (unpaired) electrons. The standard InChI is InChI=1S/C18H28N2O3/c1-3-4-5-6-15-9-11-19(12-10-15)18(23)14(2)13-20-16(21)7-8-17(20)22/h7-8,14-15H,3-6,9-13H2,1-2H3. The number of nitrogens with zero attached hydrogens (tertiary/aromatic N) is 2. The molecule has 2 rings (SSSR count). The molecule has 0 N–H and O–H groups in total. The molecule has 5 nitrogen and oxygen atoms in total. The van der Waals surface area contributed by atoms with E-state index in [1.54, 1.807) is 6.92 Å². The van der Waals surface area contributed by atoms with Crippen molar-refractivity contribution < 1.29 is 14.4 Å². The number of unbranched alkanes of at least 4 members (excludes halogenated alkanes) is 2. The minimum Gasteiger partial charge on any atom is -0.342 e. The molecule has 0 aromatic rings. The van der Waals surface area contributed by atoms with Crippen LogP contribution >= 0.6 is 0 Å². The highest BCUT2D eigenvalue weighted by Gasteiger charge is 2.30. The van der Waals surface area contributed by atoms with Gasteiger partial charge in [-0.05, 0) is 18.8 Å². The highest BCUT2D eigenvalue weighted by Crippen LogP contribution is 2.24. The Morgan fingerprint density at radius 2 is 1.78 bits per heavy atom. The molecule has 0 bridgehead atoms. The third kappa shape index (κ3) is 4.66. The predicted molar refractivity (Wildman–Crippen MR) is 88.5 cm³/mol. The van der Waals surface area contributed by atoms with Crippen LogP contribution in [0, 0.1) is 11.8 Å². The topological polar surface area (TPSA) is 57.7 Å². The zero-order valence-electron chi connectivity index (χ0n) is 14.3. The first-order valence-electron chi connectivity index (χ1n) is 8.85. The van der Waals surface area contributed by atoms with Gasteiger partial charge in [0.2, 0.25) is 5.91 Å². The predicted octanol–water partition coefficient (Wildman–Crippen LogP) is 2.37. The molecule has 0 aliphatic carbocycles. The summed E-state index contributed by atoms with van der Waals surface area (Å²) in [4.78, 5) is 38.7. The number of carbonyl (C=O) groups excluding carboxylic acids is 3. The van der Waals surface area contributed by atoms with E-state index in [2.05, 4.69) is 6.92 Å².